The number of rotatable bonds is 12. The van der Waals surface area contributed by atoms with Crippen molar-refractivity contribution in [2.24, 2.45) is 17.3 Å². The van der Waals surface area contributed by atoms with Crippen LogP contribution in [0.5, 0.6) is 0 Å². The molecule has 1 aliphatic rings. The van der Waals surface area contributed by atoms with Gasteiger partial charge in [-0.15, -0.1) is 0 Å². The molecule has 1 aliphatic carbocycles. The summed E-state index contributed by atoms with van der Waals surface area (Å²) in [5, 5.41) is 0. The summed E-state index contributed by atoms with van der Waals surface area (Å²) in [6.07, 6.45) is 15.5. The second-order valence-corrected chi connectivity index (χ2v) is 9.14. The summed E-state index contributed by atoms with van der Waals surface area (Å²) < 4.78 is 12.2. The van der Waals surface area contributed by atoms with E-state index in [1.165, 1.54) is 56.9 Å². The van der Waals surface area contributed by atoms with E-state index < -0.39 is 0 Å². The fraction of sp³-hybridized carbons (Fsp3) is 0.692. The Morgan fingerprint density at radius 3 is 2.54 bits per heavy atom. The third-order valence-corrected chi connectivity index (χ3v) is 6.36. The number of unbranched alkanes of at least 4 members (excludes halogenated alkanes) is 5. The van der Waals surface area contributed by atoms with Crippen LogP contribution in [0.25, 0.3) is 0 Å². The summed E-state index contributed by atoms with van der Waals surface area (Å²) in [7, 11) is 1.87. The van der Waals surface area contributed by atoms with E-state index in [9.17, 15) is 0 Å². The minimum Gasteiger partial charge on any atom is -0.381 e. The van der Waals surface area contributed by atoms with Crippen LogP contribution in [0, 0.1) is 17.3 Å². The third-order valence-electron chi connectivity index (χ3n) is 6.36. The molecule has 2 rings (SSSR count). The topological polar surface area (TPSA) is 18.5 Å². The Labute approximate surface area is 173 Å². The lowest BCUT2D eigenvalue weighted by Crippen LogP contribution is -2.47. The Hall–Kier alpha value is -1.12. The molecule has 1 fully saturated rings. The third kappa shape index (κ3) is 7.37. The van der Waals surface area contributed by atoms with E-state index in [0.717, 1.165) is 6.61 Å². The fourth-order valence-corrected chi connectivity index (χ4v) is 4.67. The zero-order chi connectivity index (χ0) is 20.2. The Morgan fingerprint density at radius 1 is 1.07 bits per heavy atom. The average Bonchev–Trinajstić information content (AvgIpc) is 2.69. The molecule has 28 heavy (non-hydrogen) atoms. The molecular formula is C26H42O2. The van der Waals surface area contributed by atoms with Crippen molar-refractivity contribution in [2.45, 2.75) is 84.8 Å². The first kappa shape index (κ1) is 23.2. The highest BCUT2D eigenvalue weighted by molar-refractivity contribution is 5.13. The molecule has 0 radical (unpaired) electrons. The number of methoxy groups -OCH3 is 1. The summed E-state index contributed by atoms with van der Waals surface area (Å²) in [5.74, 6) is 0.984. The second kappa shape index (κ2) is 12.4. The first-order valence-corrected chi connectivity index (χ1v) is 11.4. The Bertz CT molecular complexity index is 549. The van der Waals surface area contributed by atoms with Crippen LogP contribution in [0.3, 0.4) is 0 Å². The summed E-state index contributed by atoms with van der Waals surface area (Å²) in [4.78, 5) is 0. The molecule has 0 amide bonds. The molecule has 0 aromatic heterocycles. The quantitative estimate of drug-likeness (QED) is 0.279. The van der Waals surface area contributed by atoms with E-state index in [2.05, 4.69) is 63.3 Å². The van der Waals surface area contributed by atoms with Crippen molar-refractivity contribution in [1.29, 1.82) is 0 Å². The summed E-state index contributed by atoms with van der Waals surface area (Å²) in [6.45, 7) is 8.42. The van der Waals surface area contributed by atoms with Gasteiger partial charge in [0.1, 0.15) is 0 Å². The molecule has 0 unspecified atom stereocenters. The van der Waals surface area contributed by atoms with Gasteiger partial charge in [-0.05, 0) is 42.6 Å². The molecule has 2 nitrogen and oxygen atoms in total. The Balaban J connectivity index is 1.90. The van der Waals surface area contributed by atoms with Gasteiger partial charge in [-0.3, -0.25) is 0 Å². The van der Waals surface area contributed by atoms with Crippen molar-refractivity contribution >= 4 is 0 Å². The fourth-order valence-electron chi connectivity index (χ4n) is 4.67. The van der Waals surface area contributed by atoms with Gasteiger partial charge in [0.05, 0.1) is 19.3 Å². The van der Waals surface area contributed by atoms with Crippen molar-refractivity contribution in [3.8, 4) is 0 Å². The first-order valence-electron chi connectivity index (χ1n) is 11.4. The standard InChI is InChI=1S/C26H42O2/c1-5-6-7-8-9-10-14-17-23-18-19-26(2,3)25(27-4)24(23)21-28-20-22-15-12-11-13-16-22/h11-17,23-25H,5-10,18-21H2,1-4H3/b17-14+/t23-,24+,25-/m1/s1. The van der Waals surface area contributed by atoms with Crippen LogP contribution in [0.1, 0.15) is 77.7 Å². The van der Waals surface area contributed by atoms with Gasteiger partial charge in [-0.25, -0.2) is 0 Å². The van der Waals surface area contributed by atoms with Crippen LogP contribution >= 0.6 is 0 Å². The van der Waals surface area contributed by atoms with E-state index in [-0.39, 0.29) is 11.5 Å². The predicted molar refractivity (Wildman–Crippen MR) is 119 cm³/mol. The predicted octanol–water partition coefficient (Wildman–Crippen LogP) is 7.19. The molecule has 0 bridgehead atoms. The summed E-state index contributed by atoms with van der Waals surface area (Å²) in [6, 6.07) is 10.5. The van der Waals surface area contributed by atoms with E-state index >= 15 is 0 Å². The number of ether oxygens (including phenoxy) is 2. The molecule has 158 valence electrons. The molecule has 1 aromatic carbocycles. The van der Waals surface area contributed by atoms with Crippen molar-refractivity contribution in [3.63, 3.8) is 0 Å². The normalized spacial score (nSPS) is 24.6. The van der Waals surface area contributed by atoms with Gasteiger partial charge >= 0.3 is 0 Å². The van der Waals surface area contributed by atoms with Crippen molar-refractivity contribution < 1.29 is 9.47 Å². The van der Waals surface area contributed by atoms with Crippen molar-refractivity contribution in [1.82, 2.24) is 0 Å². The highest BCUT2D eigenvalue weighted by Gasteiger charge is 2.43. The maximum Gasteiger partial charge on any atom is 0.0717 e. The van der Waals surface area contributed by atoms with E-state index in [0.29, 0.717) is 18.4 Å². The van der Waals surface area contributed by atoms with Crippen LogP contribution in [0.15, 0.2) is 42.5 Å². The molecule has 2 heteroatoms. The molecule has 1 saturated carbocycles. The number of hydrogen-bond acceptors (Lipinski definition) is 2. The van der Waals surface area contributed by atoms with Gasteiger partial charge in [0.15, 0.2) is 0 Å². The van der Waals surface area contributed by atoms with Gasteiger partial charge in [0.25, 0.3) is 0 Å². The Kier molecular flexibility index (Phi) is 10.3. The van der Waals surface area contributed by atoms with Crippen molar-refractivity contribution in [2.75, 3.05) is 13.7 Å². The lowest BCUT2D eigenvalue weighted by Gasteiger charge is -2.46. The molecule has 0 spiro atoms. The Morgan fingerprint density at radius 2 is 1.82 bits per heavy atom. The van der Waals surface area contributed by atoms with Crippen LogP contribution in [0.2, 0.25) is 0 Å². The van der Waals surface area contributed by atoms with E-state index in [1.807, 2.05) is 7.11 Å². The molecule has 0 heterocycles. The maximum absolute atomic E-state index is 6.17. The number of allylic oxidation sites excluding steroid dienone is 2. The molecule has 0 N–H and O–H groups in total. The number of hydrogen-bond donors (Lipinski definition) is 0. The smallest absolute Gasteiger partial charge is 0.0717 e. The van der Waals surface area contributed by atoms with E-state index in [4.69, 9.17) is 9.47 Å². The molecular weight excluding hydrogens is 344 g/mol. The lowest BCUT2D eigenvalue weighted by molar-refractivity contribution is -0.103. The number of benzene rings is 1. The van der Waals surface area contributed by atoms with Crippen LogP contribution in [-0.4, -0.2) is 19.8 Å². The van der Waals surface area contributed by atoms with Crippen LogP contribution < -0.4 is 0 Å². The van der Waals surface area contributed by atoms with Gasteiger partial charge in [-0.2, -0.15) is 0 Å². The largest absolute Gasteiger partial charge is 0.381 e. The van der Waals surface area contributed by atoms with Crippen LogP contribution in [0.4, 0.5) is 0 Å². The van der Waals surface area contributed by atoms with Crippen molar-refractivity contribution in [3.05, 3.63) is 48.0 Å². The van der Waals surface area contributed by atoms with Gasteiger partial charge in [0.2, 0.25) is 0 Å². The summed E-state index contributed by atoms with van der Waals surface area (Å²) in [5.41, 5.74) is 1.45. The van der Waals surface area contributed by atoms with Gasteiger partial charge in [0, 0.05) is 13.0 Å². The minimum absolute atomic E-state index is 0.208. The van der Waals surface area contributed by atoms with E-state index in [1.54, 1.807) is 0 Å². The SMILES string of the molecule is CCCCCCC/C=C/[C@@H]1CCC(C)(C)[C@H](OC)[C@H]1COCc1ccccc1. The summed E-state index contributed by atoms with van der Waals surface area (Å²) >= 11 is 0. The average molecular weight is 387 g/mol. The van der Waals surface area contributed by atoms with Crippen LogP contribution in [-0.2, 0) is 16.1 Å². The minimum atomic E-state index is 0.208. The molecule has 0 saturated heterocycles. The highest BCUT2D eigenvalue weighted by Crippen LogP contribution is 2.44. The maximum atomic E-state index is 6.17. The lowest BCUT2D eigenvalue weighted by atomic mass is 9.65. The van der Waals surface area contributed by atoms with Gasteiger partial charge < -0.3 is 9.47 Å². The zero-order valence-corrected chi connectivity index (χ0v) is 18.7. The highest BCUT2D eigenvalue weighted by atomic mass is 16.5. The zero-order valence-electron chi connectivity index (χ0n) is 18.7. The first-order chi connectivity index (χ1) is 13.6. The van der Waals surface area contributed by atoms with Gasteiger partial charge in [-0.1, -0.05) is 88.9 Å². The molecule has 3 atom stereocenters. The molecule has 0 aliphatic heterocycles. The second-order valence-electron chi connectivity index (χ2n) is 9.14. The molecule has 1 aromatic rings. The monoisotopic (exact) mass is 386 g/mol.